The number of amides is 1. The Balaban J connectivity index is 1.70. The SMILES string of the molecule is C[C@H](Cn1cccn1)NC(=O)C1(c2ccc(Cl)cc2)CCC1. The van der Waals surface area contributed by atoms with Crippen LogP contribution in [0.1, 0.15) is 31.7 Å². The molecular weight excluding hydrogens is 298 g/mol. The van der Waals surface area contributed by atoms with E-state index in [0.717, 1.165) is 24.8 Å². The molecule has 1 atom stereocenters. The zero-order valence-corrected chi connectivity index (χ0v) is 13.4. The Bertz CT molecular complexity index is 632. The maximum absolute atomic E-state index is 12.8. The molecule has 22 heavy (non-hydrogen) atoms. The van der Waals surface area contributed by atoms with Crippen molar-refractivity contribution in [3.63, 3.8) is 0 Å². The van der Waals surface area contributed by atoms with Gasteiger partial charge < -0.3 is 5.32 Å². The first-order chi connectivity index (χ1) is 10.6. The Kier molecular flexibility index (Phi) is 4.21. The predicted octanol–water partition coefficient (Wildman–Crippen LogP) is 3.16. The average Bonchev–Trinajstić information content (AvgIpc) is 2.92. The van der Waals surface area contributed by atoms with Gasteiger partial charge in [0.2, 0.25) is 5.91 Å². The summed E-state index contributed by atoms with van der Waals surface area (Å²) in [5.41, 5.74) is 0.676. The average molecular weight is 318 g/mol. The third-order valence-corrected chi connectivity index (χ3v) is 4.69. The molecule has 1 aromatic carbocycles. The van der Waals surface area contributed by atoms with Gasteiger partial charge in [-0.1, -0.05) is 30.2 Å². The van der Waals surface area contributed by atoms with Gasteiger partial charge in [-0.05, 0) is 43.5 Å². The Morgan fingerprint density at radius 3 is 2.68 bits per heavy atom. The number of nitrogens with one attached hydrogen (secondary N) is 1. The first-order valence-electron chi connectivity index (χ1n) is 7.65. The largest absolute Gasteiger partial charge is 0.351 e. The van der Waals surface area contributed by atoms with Gasteiger partial charge >= 0.3 is 0 Å². The number of aromatic nitrogens is 2. The highest BCUT2D eigenvalue weighted by Crippen LogP contribution is 2.44. The van der Waals surface area contributed by atoms with Crippen LogP contribution in [-0.2, 0) is 16.8 Å². The maximum Gasteiger partial charge on any atom is 0.230 e. The molecule has 2 aromatic rings. The highest BCUT2D eigenvalue weighted by Gasteiger charge is 2.45. The molecule has 4 nitrogen and oxygen atoms in total. The number of benzene rings is 1. The van der Waals surface area contributed by atoms with Crippen molar-refractivity contribution in [2.24, 2.45) is 0 Å². The summed E-state index contributed by atoms with van der Waals surface area (Å²) < 4.78 is 1.83. The Morgan fingerprint density at radius 1 is 1.41 bits per heavy atom. The molecule has 116 valence electrons. The van der Waals surface area contributed by atoms with Gasteiger partial charge in [0, 0.05) is 23.5 Å². The monoisotopic (exact) mass is 317 g/mol. The van der Waals surface area contributed by atoms with Crippen molar-refractivity contribution in [2.45, 2.75) is 44.2 Å². The summed E-state index contributed by atoms with van der Waals surface area (Å²) in [5, 5.41) is 8.02. The van der Waals surface area contributed by atoms with E-state index in [1.54, 1.807) is 6.20 Å². The lowest BCUT2D eigenvalue weighted by molar-refractivity contribution is -0.130. The van der Waals surface area contributed by atoms with Crippen molar-refractivity contribution in [3.05, 3.63) is 53.3 Å². The van der Waals surface area contributed by atoms with Gasteiger partial charge in [0.15, 0.2) is 0 Å². The van der Waals surface area contributed by atoms with Crippen LogP contribution in [0.2, 0.25) is 5.02 Å². The molecule has 1 aliphatic carbocycles. The van der Waals surface area contributed by atoms with E-state index >= 15 is 0 Å². The highest BCUT2D eigenvalue weighted by atomic mass is 35.5. The van der Waals surface area contributed by atoms with Gasteiger partial charge in [0.25, 0.3) is 0 Å². The summed E-state index contributed by atoms with van der Waals surface area (Å²) in [6.45, 7) is 2.68. The van der Waals surface area contributed by atoms with E-state index < -0.39 is 0 Å². The van der Waals surface area contributed by atoms with Crippen LogP contribution in [0.15, 0.2) is 42.7 Å². The van der Waals surface area contributed by atoms with E-state index in [2.05, 4.69) is 10.4 Å². The van der Waals surface area contributed by atoms with E-state index in [9.17, 15) is 4.79 Å². The quantitative estimate of drug-likeness (QED) is 0.920. The normalized spacial score (nSPS) is 17.5. The van der Waals surface area contributed by atoms with Crippen molar-refractivity contribution in [3.8, 4) is 0 Å². The molecule has 0 bridgehead atoms. The zero-order valence-electron chi connectivity index (χ0n) is 12.6. The molecule has 1 amide bonds. The third-order valence-electron chi connectivity index (χ3n) is 4.44. The molecule has 3 rings (SSSR count). The van der Waals surface area contributed by atoms with Crippen LogP contribution in [0, 0.1) is 0 Å². The van der Waals surface area contributed by atoms with Crippen LogP contribution in [0.4, 0.5) is 0 Å². The number of carbonyl (C=O) groups excluding carboxylic acids is 1. The molecule has 5 heteroatoms. The molecule has 0 spiro atoms. The molecule has 1 N–H and O–H groups in total. The summed E-state index contributed by atoms with van der Waals surface area (Å²) in [6.07, 6.45) is 6.53. The van der Waals surface area contributed by atoms with Crippen molar-refractivity contribution in [1.82, 2.24) is 15.1 Å². The maximum atomic E-state index is 12.8. The molecule has 0 aliphatic heterocycles. The molecule has 0 radical (unpaired) electrons. The van der Waals surface area contributed by atoms with E-state index in [1.165, 1.54) is 0 Å². The molecule has 0 unspecified atom stereocenters. The summed E-state index contributed by atoms with van der Waals surface area (Å²) in [4.78, 5) is 12.8. The Morgan fingerprint density at radius 2 is 2.14 bits per heavy atom. The fraction of sp³-hybridized carbons (Fsp3) is 0.412. The third kappa shape index (κ3) is 2.88. The Labute approximate surface area is 135 Å². The predicted molar refractivity (Wildman–Crippen MR) is 86.8 cm³/mol. The lowest BCUT2D eigenvalue weighted by atomic mass is 9.63. The van der Waals surface area contributed by atoms with Crippen LogP contribution in [0.25, 0.3) is 0 Å². The van der Waals surface area contributed by atoms with Crippen molar-refractivity contribution < 1.29 is 4.79 Å². The van der Waals surface area contributed by atoms with Crippen molar-refractivity contribution in [2.75, 3.05) is 0 Å². The lowest BCUT2D eigenvalue weighted by Crippen LogP contribution is -2.52. The molecule has 1 saturated carbocycles. The fourth-order valence-electron chi connectivity index (χ4n) is 3.04. The number of rotatable bonds is 5. The number of hydrogen-bond donors (Lipinski definition) is 1. The lowest BCUT2D eigenvalue weighted by Gasteiger charge is -2.41. The molecule has 0 saturated heterocycles. The minimum atomic E-state index is -0.386. The minimum Gasteiger partial charge on any atom is -0.351 e. The zero-order chi connectivity index (χ0) is 15.6. The number of carbonyl (C=O) groups is 1. The fourth-order valence-corrected chi connectivity index (χ4v) is 3.17. The smallest absolute Gasteiger partial charge is 0.230 e. The second-order valence-electron chi connectivity index (χ2n) is 6.05. The second-order valence-corrected chi connectivity index (χ2v) is 6.48. The number of nitrogens with zero attached hydrogens (tertiary/aromatic N) is 2. The van der Waals surface area contributed by atoms with Gasteiger partial charge in [0.1, 0.15) is 0 Å². The van der Waals surface area contributed by atoms with Crippen LogP contribution >= 0.6 is 11.6 Å². The number of halogens is 1. The highest BCUT2D eigenvalue weighted by molar-refractivity contribution is 6.30. The Hall–Kier alpha value is -1.81. The summed E-state index contributed by atoms with van der Waals surface area (Å²) in [5.74, 6) is 0.112. The van der Waals surface area contributed by atoms with E-state index in [0.29, 0.717) is 11.6 Å². The van der Waals surface area contributed by atoms with Crippen molar-refractivity contribution >= 4 is 17.5 Å². The summed E-state index contributed by atoms with van der Waals surface area (Å²) >= 11 is 5.96. The first kappa shape index (κ1) is 15.1. The standard InChI is InChI=1S/C17H20ClN3O/c1-13(12-21-11-3-10-19-21)20-16(22)17(8-2-9-17)14-4-6-15(18)7-5-14/h3-7,10-11,13H,2,8-9,12H2,1H3,(H,20,22)/t13-/m1/s1. The van der Waals surface area contributed by atoms with Crippen LogP contribution in [0.3, 0.4) is 0 Å². The van der Waals surface area contributed by atoms with E-state index in [1.807, 2.05) is 48.1 Å². The molecule has 1 aromatic heterocycles. The van der Waals surface area contributed by atoms with Crippen molar-refractivity contribution in [1.29, 1.82) is 0 Å². The van der Waals surface area contributed by atoms with E-state index in [4.69, 9.17) is 11.6 Å². The van der Waals surface area contributed by atoms with Gasteiger partial charge in [-0.15, -0.1) is 0 Å². The number of hydrogen-bond acceptors (Lipinski definition) is 2. The second kappa shape index (κ2) is 6.13. The summed E-state index contributed by atoms with van der Waals surface area (Å²) in [6, 6.07) is 9.58. The van der Waals surface area contributed by atoms with Crippen LogP contribution in [0.5, 0.6) is 0 Å². The van der Waals surface area contributed by atoms with Gasteiger partial charge in [0.05, 0.1) is 12.0 Å². The van der Waals surface area contributed by atoms with Gasteiger partial charge in [-0.25, -0.2) is 0 Å². The van der Waals surface area contributed by atoms with E-state index in [-0.39, 0.29) is 17.4 Å². The van der Waals surface area contributed by atoms with Crippen LogP contribution < -0.4 is 5.32 Å². The molecular formula is C17H20ClN3O. The van der Waals surface area contributed by atoms with Gasteiger partial charge in [-0.2, -0.15) is 5.10 Å². The first-order valence-corrected chi connectivity index (χ1v) is 8.02. The van der Waals surface area contributed by atoms with Gasteiger partial charge in [-0.3, -0.25) is 9.48 Å². The topological polar surface area (TPSA) is 46.9 Å². The molecule has 1 aliphatic rings. The molecule has 1 heterocycles. The molecule has 1 fully saturated rings. The summed E-state index contributed by atoms with van der Waals surface area (Å²) in [7, 11) is 0. The van der Waals surface area contributed by atoms with Crippen LogP contribution in [-0.4, -0.2) is 21.7 Å². The minimum absolute atomic E-state index is 0.0391.